The van der Waals surface area contributed by atoms with E-state index < -0.39 is 0 Å². The molecule has 8 heteroatoms. The van der Waals surface area contributed by atoms with Crippen molar-refractivity contribution >= 4 is 21.9 Å². The van der Waals surface area contributed by atoms with Crippen LogP contribution in [0.3, 0.4) is 0 Å². The minimum Gasteiger partial charge on any atom is -0.336 e. The van der Waals surface area contributed by atoms with Crippen molar-refractivity contribution in [2.24, 2.45) is 0 Å². The second-order valence-corrected chi connectivity index (χ2v) is 7.50. The third kappa shape index (κ3) is 2.84. The Morgan fingerprint density at radius 2 is 1.81 bits per heavy atom. The highest BCUT2D eigenvalue weighted by Gasteiger charge is 2.18. The number of imidazole rings is 1. The second kappa shape index (κ2) is 7.05. The normalized spacial score (nSPS) is 11.4. The van der Waals surface area contributed by atoms with Crippen LogP contribution in [0.5, 0.6) is 0 Å². The first-order valence-corrected chi connectivity index (χ1v) is 10.0. The van der Waals surface area contributed by atoms with Crippen LogP contribution < -0.4 is 0 Å². The number of hydrogen-bond acceptors (Lipinski definition) is 5. The van der Waals surface area contributed by atoms with Crippen molar-refractivity contribution in [2.45, 2.75) is 6.92 Å². The van der Waals surface area contributed by atoms with E-state index in [4.69, 9.17) is 4.98 Å². The number of fused-ring (bicyclic) bond motifs is 2. The molecule has 0 atom stereocenters. The van der Waals surface area contributed by atoms with Crippen molar-refractivity contribution in [1.82, 2.24) is 35.1 Å². The highest BCUT2D eigenvalue weighted by atomic mass is 19.1. The number of aryl methyl sites for hydroxylation is 1. The molecule has 0 fully saturated rings. The average molecular weight is 421 g/mol. The standard InChI is InChI=1S/C24H16FN7/c1-13-5-8-26-12-16(13)14-10-15-20(11-17(14)25)31-32-21(15)24-29-19-6-9-28-22(23(19)30-24)18-4-2-3-7-27-18/h2-12H,1H3,(H,29,30)(H,31,32). The fourth-order valence-electron chi connectivity index (χ4n) is 3.91. The Bertz CT molecular complexity index is 1600. The summed E-state index contributed by atoms with van der Waals surface area (Å²) in [4.78, 5) is 21.1. The molecule has 6 rings (SSSR count). The molecule has 0 bridgehead atoms. The predicted molar refractivity (Wildman–Crippen MR) is 120 cm³/mol. The van der Waals surface area contributed by atoms with Crippen molar-refractivity contribution in [3.63, 3.8) is 0 Å². The molecule has 7 nitrogen and oxygen atoms in total. The minimum absolute atomic E-state index is 0.338. The van der Waals surface area contributed by atoms with Crippen LogP contribution in [0.15, 0.2) is 67.3 Å². The lowest BCUT2D eigenvalue weighted by molar-refractivity contribution is 0.632. The first-order chi connectivity index (χ1) is 15.7. The molecule has 0 unspecified atom stereocenters. The number of aromatic nitrogens is 7. The molecule has 0 radical (unpaired) electrons. The number of benzene rings is 1. The molecule has 0 aliphatic heterocycles. The zero-order valence-electron chi connectivity index (χ0n) is 17.0. The van der Waals surface area contributed by atoms with Crippen LogP contribution in [0.25, 0.3) is 56.0 Å². The molecule has 0 amide bonds. The highest BCUT2D eigenvalue weighted by molar-refractivity contribution is 5.97. The van der Waals surface area contributed by atoms with E-state index in [-0.39, 0.29) is 5.82 Å². The second-order valence-electron chi connectivity index (χ2n) is 7.50. The Balaban J connectivity index is 1.55. The van der Waals surface area contributed by atoms with Gasteiger partial charge in [0.15, 0.2) is 5.82 Å². The Morgan fingerprint density at radius 1 is 0.875 bits per heavy atom. The number of nitrogens with zero attached hydrogens (tertiary/aromatic N) is 5. The van der Waals surface area contributed by atoms with Gasteiger partial charge in [-0.15, -0.1) is 0 Å². The van der Waals surface area contributed by atoms with Crippen molar-refractivity contribution in [3.05, 3.63) is 78.6 Å². The van der Waals surface area contributed by atoms with Gasteiger partial charge in [-0.25, -0.2) is 9.37 Å². The fraction of sp³-hybridized carbons (Fsp3) is 0.0417. The van der Waals surface area contributed by atoms with E-state index in [1.54, 1.807) is 30.9 Å². The van der Waals surface area contributed by atoms with Gasteiger partial charge in [0, 0.05) is 47.4 Å². The lowest BCUT2D eigenvalue weighted by atomic mass is 10.0. The molecule has 5 heterocycles. The van der Waals surface area contributed by atoms with E-state index >= 15 is 0 Å². The summed E-state index contributed by atoms with van der Waals surface area (Å²) in [6.07, 6.45) is 6.81. The van der Waals surface area contributed by atoms with Gasteiger partial charge in [-0.3, -0.25) is 20.1 Å². The lowest BCUT2D eigenvalue weighted by Crippen LogP contribution is -1.90. The van der Waals surface area contributed by atoms with Gasteiger partial charge in [-0.1, -0.05) is 6.07 Å². The van der Waals surface area contributed by atoms with Crippen LogP contribution >= 0.6 is 0 Å². The van der Waals surface area contributed by atoms with Gasteiger partial charge < -0.3 is 4.98 Å². The summed E-state index contributed by atoms with van der Waals surface area (Å²) in [5.74, 6) is 0.229. The van der Waals surface area contributed by atoms with E-state index in [2.05, 4.69) is 30.1 Å². The highest BCUT2D eigenvalue weighted by Crippen LogP contribution is 2.34. The fourth-order valence-corrected chi connectivity index (χ4v) is 3.91. The molecule has 0 saturated heterocycles. The van der Waals surface area contributed by atoms with Crippen LogP contribution in [0, 0.1) is 12.7 Å². The van der Waals surface area contributed by atoms with Gasteiger partial charge in [0.25, 0.3) is 0 Å². The molecular weight excluding hydrogens is 405 g/mol. The summed E-state index contributed by atoms with van der Waals surface area (Å²) in [6, 6.07) is 12.6. The molecule has 0 aliphatic carbocycles. The Morgan fingerprint density at radius 3 is 2.66 bits per heavy atom. The van der Waals surface area contributed by atoms with Gasteiger partial charge in [0.2, 0.25) is 0 Å². The van der Waals surface area contributed by atoms with E-state index in [0.29, 0.717) is 33.8 Å². The number of H-pyrrole nitrogens is 2. The van der Waals surface area contributed by atoms with Crippen LogP contribution in [-0.4, -0.2) is 35.1 Å². The third-order valence-corrected chi connectivity index (χ3v) is 5.51. The molecule has 2 N–H and O–H groups in total. The monoisotopic (exact) mass is 421 g/mol. The summed E-state index contributed by atoms with van der Waals surface area (Å²) >= 11 is 0. The number of halogens is 1. The SMILES string of the molecule is Cc1ccncc1-c1cc2c(-c3nc4c(-c5ccccn5)nccc4[nH]3)n[nH]c2cc1F. The smallest absolute Gasteiger partial charge is 0.159 e. The Labute approximate surface area is 181 Å². The Hall–Kier alpha value is -4.46. The van der Waals surface area contributed by atoms with Crippen molar-refractivity contribution in [2.75, 3.05) is 0 Å². The maximum Gasteiger partial charge on any atom is 0.159 e. The lowest BCUT2D eigenvalue weighted by Gasteiger charge is -2.07. The van der Waals surface area contributed by atoms with E-state index in [9.17, 15) is 4.39 Å². The van der Waals surface area contributed by atoms with Crippen LogP contribution in [0.4, 0.5) is 4.39 Å². The third-order valence-electron chi connectivity index (χ3n) is 5.51. The van der Waals surface area contributed by atoms with E-state index in [0.717, 1.165) is 27.7 Å². The predicted octanol–water partition coefficient (Wildman–Crippen LogP) is 5.07. The van der Waals surface area contributed by atoms with Crippen LogP contribution in [-0.2, 0) is 0 Å². The number of nitrogens with one attached hydrogen (secondary N) is 2. The molecule has 0 aliphatic rings. The summed E-state index contributed by atoms with van der Waals surface area (Å²) < 4.78 is 14.9. The summed E-state index contributed by atoms with van der Waals surface area (Å²) in [5.41, 5.74) is 6.28. The summed E-state index contributed by atoms with van der Waals surface area (Å²) in [7, 11) is 0. The maximum atomic E-state index is 14.9. The zero-order chi connectivity index (χ0) is 21.7. The average Bonchev–Trinajstić information content (AvgIpc) is 3.43. The van der Waals surface area contributed by atoms with E-state index in [1.165, 1.54) is 6.07 Å². The first-order valence-electron chi connectivity index (χ1n) is 10.0. The molecule has 1 aromatic carbocycles. The van der Waals surface area contributed by atoms with Gasteiger partial charge in [0.05, 0.1) is 16.7 Å². The van der Waals surface area contributed by atoms with Crippen LogP contribution in [0.1, 0.15) is 5.56 Å². The minimum atomic E-state index is -0.338. The van der Waals surface area contributed by atoms with Gasteiger partial charge in [-0.05, 0) is 42.8 Å². The van der Waals surface area contributed by atoms with Crippen molar-refractivity contribution in [3.8, 4) is 34.0 Å². The quantitative estimate of drug-likeness (QED) is 0.416. The molecule has 5 aromatic heterocycles. The number of pyridine rings is 3. The van der Waals surface area contributed by atoms with Crippen molar-refractivity contribution in [1.29, 1.82) is 0 Å². The molecule has 154 valence electrons. The van der Waals surface area contributed by atoms with Crippen molar-refractivity contribution < 1.29 is 4.39 Å². The molecule has 6 aromatic rings. The molecular formula is C24H16FN7. The molecule has 32 heavy (non-hydrogen) atoms. The number of hydrogen-bond donors (Lipinski definition) is 2. The maximum absolute atomic E-state index is 14.9. The van der Waals surface area contributed by atoms with Crippen LogP contribution in [0.2, 0.25) is 0 Å². The first kappa shape index (κ1) is 18.3. The summed E-state index contributed by atoms with van der Waals surface area (Å²) in [5, 5.41) is 8.10. The largest absolute Gasteiger partial charge is 0.336 e. The number of aromatic amines is 2. The summed E-state index contributed by atoms with van der Waals surface area (Å²) in [6.45, 7) is 1.93. The van der Waals surface area contributed by atoms with E-state index in [1.807, 2.05) is 37.3 Å². The Kier molecular flexibility index (Phi) is 4.04. The van der Waals surface area contributed by atoms with Gasteiger partial charge in [-0.2, -0.15) is 5.10 Å². The van der Waals surface area contributed by atoms with Gasteiger partial charge >= 0.3 is 0 Å². The zero-order valence-corrected chi connectivity index (χ0v) is 17.0. The number of rotatable bonds is 3. The topological polar surface area (TPSA) is 96.0 Å². The molecule has 0 saturated carbocycles. The van der Waals surface area contributed by atoms with Gasteiger partial charge in [0.1, 0.15) is 22.7 Å². The molecule has 0 spiro atoms.